The second kappa shape index (κ2) is 6.97. The van der Waals surface area contributed by atoms with E-state index in [0.29, 0.717) is 21.6 Å². The van der Waals surface area contributed by atoms with Gasteiger partial charge < -0.3 is 4.42 Å². The maximum atomic E-state index is 12.5. The van der Waals surface area contributed by atoms with Crippen molar-refractivity contribution in [3.05, 3.63) is 61.3 Å². The first kappa shape index (κ1) is 17.0. The van der Waals surface area contributed by atoms with Gasteiger partial charge in [-0.05, 0) is 61.3 Å². The van der Waals surface area contributed by atoms with Gasteiger partial charge in [0.25, 0.3) is 11.1 Å². The topological polar surface area (TPSA) is 74.3 Å². The van der Waals surface area contributed by atoms with Crippen LogP contribution in [-0.4, -0.2) is 16.0 Å². The van der Waals surface area contributed by atoms with Gasteiger partial charge in [-0.15, -0.1) is 0 Å². The van der Waals surface area contributed by atoms with E-state index >= 15 is 0 Å². The van der Waals surface area contributed by atoms with Gasteiger partial charge in [-0.25, -0.2) is 0 Å². The van der Waals surface area contributed by atoms with Crippen LogP contribution in [0.2, 0.25) is 0 Å². The Balaban J connectivity index is 1.85. The van der Waals surface area contributed by atoms with Crippen molar-refractivity contribution in [2.24, 2.45) is 0 Å². The fourth-order valence-electron chi connectivity index (χ4n) is 2.14. The Kier molecular flexibility index (Phi) is 4.94. The van der Waals surface area contributed by atoms with Crippen LogP contribution in [0.15, 0.2) is 48.8 Å². The quantitative estimate of drug-likeness (QED) is 0.599. The van der Waals surface area contributed by atoms with Crippen LogP contribution < -0.4 is 0 Å². The molecule has 1 aliphatic heterocycles. The summed E-state index contributed by atoms with van der Waals surface area (Å²) in [5, 5.41) is 8.75. The van der Waals surface area contributed by atoms with Crippen molar-refractivity contribution in [2.75, 3.05) is 0 Å². The number of hydrogen-bond acceptors (Lipinski definition) is 5. The first-order valence-electron chi connectivity index (χ1n) is 6.68. The van der Waals surface area contributed by atoms with Crippen LogP contribution in [0.25, 0.3) is 6.08 Å². The van der Waals surface area contributed by atoms with E-state index in [1.807, 2.05) is 0 Å². The first-order chi connectivity index (χ1) is 11.5. The van der Waals surface area contributed by atoms with Crippen LogP contribution in [0.4, 0.5) is 4.79 Å². The Morgan fingerprint density at radius 3 is 2.71 bits per heavy atom. The Bertz CT molecular complexity index is 895. The van der Waals surface area contributed by atoms with E-state index in [1.54, 1.807) is 30.3 Å². The zero-order chi connectivity index (χ0) is 17.3. The molecule has 0 unspecified atom stereocenters. The van der Waals surface area contributed by atoms with Gasteiger partial charge in [-0.2, -0.15) is 5.26 Å². The fraction of sp³-hybridized carbons (Fsp3) is 0.0625. The third-order valence-electron chi connectivity index (χ3n) is 3.28. The molecular formula is C16H8Br2N2O3S. The standard InChI is InChI=1S/C16H8Br2N2O3S/c17-12-5-11(23-14(12)18)6-13-15(21)20(16(22)24-13)8-10-4-2-1-3-9(10)7-19/h1-6H,8H2/b13-6+. The summed E-state index contributed by atoms with van der Waals surface area (Å²) >= 11 is 7.37. The van der Waals surface area contributed by atoms with E-state index in [-0.39, 0.29) is 16.7 Å². The number of imide groups is 1. The minimum absolute atomic E-state index is 0.0667. The summed E-state index contributed by atoms with van der Waals surface area (Å²) in [7, 11) is 0. The number of nitrogens with zero attached hydrogens (tertiary/aromatic N) is 2. The van der Waals surface area contributed by atoms with Gasteiger partial charge in [-0.3, -0.25) is 14.5 Å². The Morgan fingerprint density at radius 2 is 2.04 bits per heavy atom. The Morgan fingerprint density at radius 1 is 1.29 bits per heavy atom. The molecular weight excluding hydrogens is 460 g/mol. The maximum Gasteiger partial charge on any atom is 0.293 e. The van der Waals surface area contributed by atoms with Crippen molar-refractivity contribution in [3.8, 4) is 6.07 Å². The maximum absolute atomic E-state index is 12.5. The molecule has 24 heavy (non-hydrogen) atoms. The molecule has 1 saturated heterocycles. The lowest BCUT2D eigenvalue weighted by atomic mass is 10.1. The summed E-state index contributed by atoms with van der Waals surface area (Å²) in [5.41, 5.74) is 1.08. The molecule has 2 aromatic rings. The van der Waals surface area contributed by atoms with Crippen molar-refractivity contribution in [1.82, 2.24) is 4.90 Å². The van der Waals surface area contributed by atoms with Crippen LogP contribution in [0, 0.1) is 11.3 Å². The third-order valence-corrected chi connectivity index (χ3v) is 5.89. The molecule has 1 aliphatic rings. The zero-order valence-electron chi connectivity index (χ0n) is 12.0. The van der Waals surface area contributed by atoms with Crippen molar-refractivity contribution in [2.45, 2.75) is 6.54 Å². The number of carbonyl (C=O) groups excluding carboxylic acids is 2. The lowest BCUT2D eigenvalue weighted by Gasteiger charge is -2.13. The van der Waals surface area contributed by atoms with Crippen LogP contribution in [0.3, 0.4) is 0 Å². The molecule has 0 bridgehead atoms. The normalized spacial score (nSPS) is 16.0. The number of benzene rings is 1. The molecule has 1 aromatic heterocycles. The predicted molar refractivity (Wildman–Crippen MR) is 96.8 cm³/mol. The highest BCUT2D eigenvalue weighted by molar-refractivity contribution is 9.13. The second-order valence-corrected chi connectivity index (χ2v) is 7.37. The molecule has 1 aromatic carbocycles. The van der Waals surface area contributed by atoms with Crippen molar-refractivity contribution < 1.29 is 14.0 Å². The number of amides is 2. The van der Waals surface area contributed by atoms with E-state index in [1.165, 1.54) is 6.08 Å². The molecule has 0 aliphatic carbocycles. The summed E-state index contributed by atoms with van der Waals surface area (Å²) < 4.78 is 6.63. The minimum Gasteiger partial charge on any atom is -0.449 e. The van der Waals surface area contributed by atoms with Crippen molar-refractivity contribution >= 4 is 60.8 Å². The SMILES string of the molecule is N#Cc1ccccc1CN1C(=O)S/C(=C/c2cc(Br)c(Br)o2)C1=O. The smallest absolute Gasteiger partial charge is 0.293 e. The lowest BCUT2D eigenvalue weighted by molar-refractivity contribution is -0.123. The van der Waals surface area contributed by atoms with Gasteiger partial charge in [0.05, 0.1) is 27.6 Å². The molecule has 3 rings (SSSR count). The second-order valence-electron chi connectivity index (χ2n) is 4.81. The Hall–Kier alpha value is -1.82. The molecule has 8 heteroatoms. The molecule has 0 saturated carbocycles. The van der Waals surface area contributed by atoms with E-state index in [2.05, 4.69) is 37.9 Å². The average Bonchev–Trinajstić information content (AvgIpc) is 3.01. The van der Waals surface area contributed by atoms with Crippen LogP contribution in [-0.2, 0) is 11.3 Å². The van der Waals surface area contributed by atoms with Crippen LogP contribution in [0.5, 0.6) is 0 Å². The summed E-state index contributed by atoms with van der Waals surface area (Å²) in [6, 6.07) is 10.6. The summed E-state index contributed by atoms with van der Waals surface area (Å²) in [6.07, 6.45) is 1.52. The number of rotatable bonds is 3. The predicted octanol–water partition coefficient (Wildman–Crippen LogP) is 4.91. The highest BCUT2D eigenvalue weighted by Gasteiger charge is 2.35. The molecule has 2 amide bonds. The molecule has 0 atom stereocenters. The molecule has 0 radical (unpaired) electrons. The Labute approximate surface area is 158 Å². The number of halogens is 2. The highest BCUT2D eigenvalue weighted by Crippen LogP contribution is 2.35. The minimum atomic E-state index is -0.401. The van der Waals surface area contributed by atoms with E-state index < -0.39 is 5.91 Å². The number of furan rings is 1. The summed E-state index contributed by atoms with van der Waals surface area (Å²) in [6.45, 7) is 0.0667. The number of thioether (sulfide) groups is 1. The van der Waals surface area contributed by atoms with Gasteiger partial charge in [0.1, 0.15) is 5.76 Å². The molecule has 5 nitrogen and oxygen atoms in total. The third kappa shape index (κ3) is 3.34. The van der Waals surface area contributed by atoms with E-state index in [0.717, 1.165) is 21.1 Å². The largest absolute Gasteiger partial charge is 0.449 e. The van der Waals surface area contributed by atoms with Gasteiger partial charge in [0.15, 0.2) is 4.67 Å². The first-order valence-corrected chi connectivity index (χ1v) is 9.08. The molecule has 120 valence electrons. The van der Waals surface area contributed by atoms with Crippen molar-refractivity contribution in [1.29, 1.82) is 5.26 Å². The molecule has 0 spiro atoms. The van der Waals surface area contributed by atoms with E-state index in [9.17, 15) is 9.59 Å². The van der Waals surface area contributed by atoms with Gasteiger partial charge in [0, 0.05) is 6.08 Å². The molecule has 0 N–H and O–H groups in total. The van der Waals surface area contributed by atoms with Gasteiger partial charge >= 0.3 is 0 Å². The number of hydrogen-bond donors (Lipinski definition) is 0. The zero-order valence-corrected chi connectivity index (χ0v) is 15.9. The van der Waals surface area contributed by atoms with E-state index in [4.69, 9.17) is 9.68 Å². The average molecular weight is 468 g/mol. The van der Waals surface area contributed by atoms with Crippen LogP contribution >= 0.6 is 43.6 Å². The van der Waals surface area contributed by atoms with Crippen molar-refractivity contribution in [3.63, 3.8) is 0 Å². The van der Waals surface area contributed by atoms with Crippen LogP contribution in [0.1, 0.15) is 16.9 Å². The summed E-state index contributed by atoms with van der Waals surface area (Å²) in [4.78, 5) is 26.0. The lowest BCUT2D eigenvalue weighted by Crippen LogP contribution is -2.27. The van der Waals surface area contributed by atoms with Gasteiger partial charge in [0.2, 0.25) is 0 Å². The monoisotopic (exact) mass is 466 g/mol. The number of carbonyl (C=O) groups is 2. The molecule has 1 fully saturated rings. The highest BCUT2D eigenvalue weighted by atomic mass is 79.9. The summed E-state index contributed by atoms with van der Waals surface area (Å²) in [5.74, 6) is 0.0538. The number of nitriles is 1. The fourth-order valence-corrected chi connectivity index (χ4v) is 3.56. The van der Waals surface area contributed by atoms with Gasteiger partial charge in [-0.1, -0.05) is 18.2 Å². The molecule has 2 heterocycles.